The third kappa shape index (κ3) is 6.88. The van der Waals surface area contributed by atoms with Crippen LogP contribution in [0.3, 0.4) is 0 Å². The first-order valence-corrected chi connectivity index (χ1v) is 28.1. The quantitative estimate of drug-likeness (QED) is 0.152. The molecule has 0 aliphatic carbocycles. The molecule has 0 N–H and O–H groups in total. The van der Waals surface area contributed by atoms with Crippen LogP contribution < -0.4 is 9.80 Å². The van der Waals surface area contributed by atoms with E-state index in [2.05, 4.69) is 288 Å². The van der Waals surface area contributed by atoms with Crippen LogP contribution in [0.2, 0.25) is 0 Å². The van der Waals surface area contributed by atoms with Crippen LogP contribution in [0.15, 0.2) is 276 Å². The van der Waals surface area contributed by atoms with Crippen molar-refractivity contribution in [2.45, 2.75) is 13.8 Å². The molecule has 0 spiro atoms. The highest BCUT2D eigenvalue weighted by Crippen LogP contribution is 2.49. The third-order valence-electron chi connectivity index (χ3n) is 16.9. The van der Waals surface area contributed by atoms with Crippen molar-refractivity contribution in [3.05, 3.63) is 278 Å². The maximum atomic E-state index is 6.72. The second kappa shape index (κ2) is 17.8. The molecule has 6 heteroatoms. The van der Waals surface area contributed by atoms with Crippen molar-refractivity contribution in [3.8, 4) is 11.4 Å². The Morgan fingerprint density at radius 2 is 0.683 bits per heavy atom. The maximum Gasteiger partial charge on any atom is 0.159 e. The Bertz CT molecular complexity index is 5110. The van der Waals surface area contributed by atoms with Gasteiger partial charge in [0.15, 0.2) is 11.2 Å². The number of hydrogen-bond donors (Lipinski definition) is 0. The number of fused-ring (bicyclic) bond motifs is 17. The van der Waals surface area contributed by atoms with Gasteiger partial charge >= 0.3 is 0 Å². The third-order valence-corrected chi connectivity index (χ3v) is 16.9. The second-order valence-corrected chi connectivity index (χ2v) is 21.8. The molecule has 0 bridgehead atoms. The zero-order chi connectivity index (χ0) is 54.2. The van der Waals surface area contributed by atoms with E-state index in [0.29, 0.717) is 0 Å². The molecular weight excluding hydrogens is 1000 g/mol. The molecular formula is C76H50N4O2. The predicted molar refractivity (Wildman–Crippen MR) is 344 cm³/mol. The Hall–Kier alpha value is -10.8. The number of para-hydroxylation sites is 6. The Labute approximate surface area is 471 Å². The number of hydrogen-bond acceptors (Lipinski definition) is 4. The number of nitrogens with zero attached hydrogens (tertiary/aromatic N) is 4. The van der Waals surface area contributed by atoms with E-state index in [1.807, 2.05) is 12.1 Å². The first-order chi connectivity index (χ1) is 40.5. The molecule has 0 saturated carbocycles. The summed E-state index contributed by atoms with van der Waals surface area (Å²) in [5.41, 5.74) is 18.9. The first kappa shape index (κ1) is 46.1. The van der Waals surface area contributed by atoms with E-state index in [9.17, 15) is 0 Å². The molecule has 13 aromatic carbocycles. The normalized spacial score (nSPS) is 12.0. The van der Waals surface area contributed by atoms with E-state index in [1.54, 1.807) is 0 Å². The van der Waals surface area contributed by atoms with Gasteiger partial charge in [0.2, 0.25) is 0 Å². The minimum Gasteiger partial charge on any atom is -0.454 e. The van der Waals surface area contributed by atoms with Gasteiger partial charge in [0.1, 0.15) is 11.2 Å². The van der Waals surface area contributed by atoms with E-state index in [4.69, 9.17) is 8.83 Å². The van der Waals surface area contributed by atoms with Crippen LogP contribution in [0.5, 0.6) is 0 Å². The smallest absolute Gasteiger partial charge is 0.159 e. The average Bonchev–Trinajstić information content (AvgIpc) is 4.00. The summed E-state index contributed by atoms with van der Waals surface area (Å²) in [5, 5.41) is 13.9. The molecule has 17 rings (SSSR count). The van der Waals surface area contributed by atoms with Gasteiger partial charge in [0.05, 0.1) is 33.4 Å². The fraction of sp³-hybridized carbons (Fsp3) is 0.0263. The van der Waals surface area contributed by atoms with Crippen molar-refractivity contribution in [1.82, 2.24) is 9.13 Å². The van der Waals surface area contributed by atoms with E-state index < -0.39 is 0 Å². The van der Waals surface area contributed by atoms with Crippen molar-refractivity contribution in [1.29, 1.82) is 0 Å². The van der Waals surface area contributed by atoms with Crippen LogP contribution in [0.4, 0.5) is 34.1 Å². The summed E-state index contributed by atoms with van der Waals surface area (Å²) in [6.07, 6.45) is 0. The summed E-state index contributed by atoms with van der Waals surface area (Å²) >= 11 is 0. The summed E-state index contributed by atoms with van der Waals surface area (Å²) in [7, 11) is 0. The van der Waals surface area contributed by atoms with E-state index >= 15 is 0 Å². The highest BCUT2D eigenvalue weighted by Gasteiger charge is 2.26. The summed E-state index contributed by atoms with van der Waals surface area (Å²) in [6.45, 7) is 4.31. The molecule has 0 unspecified atom stereocenters. The summed E-state index contributed by atoms with van der Waals surface area (Å²) in [6, 6.07) is 96.8. The molecule has 6 nitrogen and oxygen atoms in total. The molecule has 386 valence electrons. The Balaban J connectivity index is 0.905. The lowest BCUT2D eigenvalue weighted by Crippen LogP contribution is -2.10. The van der Waals surface area contributed by atoms with Crippen LogP contribution in [0, 0.1) is 13.8 Å². The van der Waals surface area contributed by atoms with Gasteiger partial charge in [-0.3, -0.25) is 0 Å². The van der Waals surface area contributed by atoms with Crippen molar-refractivity contribution in [2.24, 2.45) is 0 Å². The number of aryl methyl sites for hydroxylation is 2. The number of aromatic nitrogens is 2. The maximum absolute atomic E-state index is 6.72. The SMILES string of the molecule is Cc1cccc(N(c2ccc3c(ccc4c5c6c7ccc8cc(N(c9cccc(C)c9)c9cccc%10c9oc9ccccc9%10)ccc8c7n(-c7ccccc7)c6ccc5n(-c5ccccc5)c34)c2)c2cccc3c2oc2ccccc23)c1. The van der Waals surface area contributed by atoms with Crippen molar-refractivity contribution in [2.75, 3.05) is 9.80 Å². The van der Waals surface area contributed by atoms with E-state index in [1.165, 1.54) is 54.5 Å². The van der Waals surface area contributed by atoms with Gasteiger partial charge in [-0.2, -0.15) is 0 Å². The molecule has 0 aliphatic rings. The lowest BCUT2D eigenvalue weighted by Gasteiger charge is -2.26. The summed E-state index contributed by atoms with van der Waals surface area (Å²) in [4.78, 5) is 4.70. The largest absolute Gasteiger partial charge is 0.454 e. The lowest BCUT2D eigenvalue weighted by molar-refractivity contribution is 0.668. The van der Waals surface area contributed by atoms with Crippen molar-refractivity contribution in [3.63, 3.8) is 0 Å². The minimum absolute atomic E-state index is 0.859. The molecule has 0 saturated heterocycles. The second-order valence-electron chi connectivity index (χ2n) is 21.8. The molecule has 0 radical (unpaired) electrons. The average molecular weight is 1050 g/mol. The van der Waals surface area contributed by atoms with Crippen LogP contribution in [-0.2, 0) is 0 Å². The number of rotatable bonds is 8. The molecule has 0 amide bonds. The fourth-order valence-corrected chi connectivity index (χ4v) is 13.4. The van der Waals surface area contributed by atoms with Crippen molar-refractivity contribution >= 4 is 143 Å². The fourth-order valence-electron chi connectivity index (χ4n) is 13.4. The van der Waals surface area contributed by atoms with Gasteiger partial charge in [-0.1, -0.05) is 158 Å². The number of benzene rings is 13. The Kier molecular flexibility index (Phi) is 10.0. The number of anilines is 6. The standard InChI is InChI=1S/C76H50N4O2/c1-47-17-13-23-53(43-47)77(67-29-15-27-61-59-25-9-11-31-69(59)81-75(61)67)55-35-39-57-49(45-55)33-37-63-71-65(79(73(57)63)51-19-5-3-6-20-51)41-42-66-72(71)64-38-34-50-46-56(36-40-58(50)74(64)80(66)52-21-7-4-8-22-52)78(54-24-14-18-48(2)44-54)68-30-16-28-62-60-26-10-12-32-70(60)82-76(62)68/h3-46H,1-2H3. The summed E-state index contributed by atoms with van der Waals surface area (Å²) < 4.78 is 18.4. The highest BCUT2D eigenvalue weighted by atomic mass is 16.3. The first-order valence-electron chi connectivity index (χ1n) is 28.1. The topological polar surface area (TPSA) is 42.6 Å². The van der Waals surface area contributed by atoms with E-state index in [0.717, 1.165) is 111 Å². The molecule has 4 aromatic heterocycles. The number of furan rings is 2. The van der Waals surface area contributed by atoms with Gasteiger partial charge in [-0.05, 0) is 145 Å². The van der Waals surface area contributed by atoms with E-state index in [-0.39, 0.29) is 0 Å². The van der Waals surface area contributed by atoms with Crippen LogP contribution in [0.1, 0.15) is 11.1 Å². The van der Waals surface area contributed by atoms with Crippen molar-refractivity contribution < 1.29 is 8.83 Å². The Morgan fingerprint density at radius 1 is 0.293 bits per heavy atom. The van der Waals surface area contributed by atoms with Crippen LogP contribution >= 0.6 is 0 Å². The van der Waals surface area contributed by atoms with Gasteiger partial charge < -0.3 is 27.8 Å². The molecule has 17 aromatic rings. The van der Waals surface area contributed by atoms with Gasteiger partial charge in [-0.25, -0.2) is 0 Å². The molecule has 0 fully saturated rings. The predicted octanol–water partition coefficient (Wildman–Crippen LogP) is 21.5. The zero-order valence-corrected chi connectivity index (χ0v) is 45.0. The summed E-state index contributed by atoms with van der Waals surface area (Å²) in [5.74, 6) is 0. The lowest BCUT2D eigenvalue weighted by atomic mass is 10.00. The van der Waals surface area contributed by atoms with Crippen LogP contribution in [-0.4, -0.2) is 9.13 Å². The molecule has 0 atom stereocenters. The molecule has 0 aliphatic heterocycles. The minimum atomic E-state index is 0.859. The van der Waals surface area contributed by atoms with Gasteiger partial charge in [0, 0.05) is 88.0 Å². The monoisotopic (exact) mass is 1050 g/mol. The van der Waals surface area contributed by atoms with Gasteiger partial charge in [0.25, 0.3) is 0 Å². The highest BCUT2D eigenvalue weighted by molar-refractivity contribution is 6.33. The zero-order valence-electron chi connectivity index (χ0n) is 45.0. The molecule has 82 heavy (non-hydrogen) atoms. The Morgan fingerprint density at radius 3 is 1.13 bits per heavy atom. The van der Waals surface area contributed by atoms with Crippen LogP contribution in [0.25, 0.3) is 120 Å². The van der Waals surface area contributed by atoms with Gasteiger partial charge in [-0.15, -0.1) is 0 Å². The molecule has 4 heterocycles.